The lowest BCUT2D eigenvalue weighted by atomic mass is 10.2. The number of benzene rings is 1. The molecule has 0 radical (unpaired) electrons. The zero-order valence-corrected chi connectivity index (χ0v) is 12.1. The number of rotatable bonds is 5. The predicted octanol–water partition coefficient (Wildman–Crippen LogP) is 0.207. The number of hydrogen-bond donors (Lipinski definition) is 2. The van der Waals surface area contributed by atoms with Crippen LogP contribution in [0.1, 0.15) is 6.92 Å². The van der Waals surface area contributed by atoms with E-state index in [9.17, 15) is 18.0 Å². The van der Waals surface area contributed by atoms with Crippen molar-refractivity contribution < 1.29 is 17.6 Å². The van der Waals surface area contributed by atoms with Crippen molar-refractivity contribution in [3.8, 4) is 0 Å². The van der Waals surface area contributed by atoms with Crippen LogP contribution in [0, 0.1) is 0 Å². The molecular weight excluding hydrogens is 296 g/mol. The summed E-state index contributed by atoms with van der Waals surface area (Å²) < 4.78 is 31.5. The Morgan fingerprint density at radius 1 is 1.19 bits per heavy atom. The standard InChI is InChI=1S/C13H14N2O5S/c1-9(16)14-6-7-15-21(18,19)11-3-4-12-10(8-11)2-5-13(17)20-12/h2-5,8,15H,6-7H2,1H3,(H,14,16). The van der Waals surface area contributed by atoms with Crippen LogP contribution in [0.4, 0.5) is 0 Å². The molecule has 0 fully saturated rings. The molecule has 112 valence electrons. The minimum atomic E-state index is -3.68. The summed E-state index contributed by atoms with van der Waals surface area (Å²) in [4.78, 5) is 21.8. The molecule has 2 aromatic rings. The Labute approximate surface area is 121 Å². The molecule has 0 aliphatic carbocycles. The molecule has 0 atom stereocenters. The first-order chi connectivity index (χ1) is 9.88. The molecular formula is C13H14N2O5S. The van der Waals surface area contributed by atoms with Gasteiger partial charge in [-0.2, -0.15) is 0 Å². The summed E-state index contributed by atoms with van der Waals surface area (Å²) in [6, 6.07) is 6.92. The second-order valence-corrected chi connectivity index (χ2v) is 6.10. The smallest absolute Gasteiger partial charge is 0.336 e. The zero-order chi connectivity index (χ0) is 15.5. The molecule has 0 aliphatic heterocycles. The third kappa shape index (κ3) is 3.89. The number of amides is 1. The fourth-order valence-corrected chi connectivity index (χ4v) is 2.79. The van der Waals surface area contributed by atoms with Crippen LogP contribution in [-0.4, -0.2) is 27.4 Å². The maximum atomic E-state index is 12.1. The van der Waals surface area contributed by atoms with Crippen LogP contribution in [0.15, 0.2) is 44.4 Å². The van der Waals surface area contributed by atoms with E-state index in [-0.39, 0.29) is 23.9 Å². The summed E-state index contributed by atoms with van der Waals surface area (Å²) in [6.07, 6.45) is 0. The van der Waals surface area contributed by atoms with E-state index in [1.165, 1.54) is 37.3 Å². The Balaban J connectivity index is 2.18. The SMILES string of the molecule is CC(=O)NCCNS(=O)(=O)c1ccc2oc(=O)ccc2c1. The second kappa shape index (κ2) is 6.06. The number of sulfonamides is 1. The summed E-state index contributed by atoms with van der Waals surface area (Å²) >= 11 is 0. The van der Waals surface area contributed by atoms with Crippen LogP contribution >= 0.6 is 0 Å². The van der Waals surface area contributed by atoms with Crippen molar-refractivity contribution in [2.75, 3.05) is 13.1 Å². The number of nitrogens with one attached hydrogen (secondary N) is 2. The van der Waals surface area contributed by atoms with Gasteiger partial charge in [0.25, 0.3) is 0 Å². The van der Waals surface area contributed by atoms with Crippen molar-refractivity contribution >= 4 is 26.9 Å². The van der Waals surface area contributed by atoms with E-state index in [1.807, 2.05) is 0 Å². The van der Waals surface area contributed by atoms with Crippen molar-refractivity contribution in [1.29, 1.82) is 0 Å². The van der Waals surface area contributed by atoms with Crippen LogP contribution in [0.5, 0.6) is 0 Å². The Kier molecular flexibility index (Phi) is 4.39. The number of carbonyl (C=O) groups excluding carboxylic acids is 1. The molecule has 21 heavy (non-hydrogen) atoms. The lowest BCUT2D eigenvalue weighted by Crippen LogP contribution is -2.33. The molecule has 0 unspecified atom stereocenters. The van der Waals surface area contributed by atoms with Gasteiger partial charge in [-0.3, -0.25) is 4.79 Å². The minimum absolute atomic E-state index is 0.0617. The molecule has 7 nitrogen and oxygen atoms in total. The first-order valence-electron chi connectivity index (χ1n) is 6.16. The molecule has 1 heterocycles. The average molecular weight is 310 g/mol. The normalized spacial score (nSPS) is 11.5. The Morgan fingerprint density at radius 3 is 2.67 bits per heavy atom. The third-order valence-corrected chi connectivity index (χ3v) is 4.15. The van der Waals surface area contributed by atoms with Gasteiger partial charge in [0.05, 0.1) is 4.90 Å². The van der Waals surface area contributed by atoms with Gasteiger partial charge < -0.3 is 9.73 Å². The second-order valence-electron chi connectivity index (χ2n) is 4.33. The molecule has 8 heteroatoms. The topological polar surface area (TPSA) is 105 Å². The zero-order valence-electron chi connectivity index (χ0n) is 11.3. The van der Waals surface area contributed by atoms with E-state index < -0.39 is 15.6 Å². The van der Waals surface area contributed by atoms with E-state index in [0.29, 0.717) is 11.0 Å². The van der Waals surface area contributed by atoms with E-state index in [4.69, 9.17) is 4.42 Å². The maximum Gasteiger partial charge on any atom is 0.336 e. The molecule has 2 rings (SSSR count). The maximum absolute atomic E-state index is 12.1. The molecule has 1 aromatic heterocycles. The number of carbonyl (C=O) groups is 1. The van der Waals surface area contributed by atoms with Crippen LogP contribution in [0.2, 0.25) is 0 Å². The summed E-state index contributed by atoms with van der Waals surface area (Å²) in [7, 11) is -3.68. The van der Waals surface area contributed by atoms with Crippen molar-refractivity contribution in [1.82, 2.24) is 10.0 Å². The lowest BCUT2D eigenvalue weighted by Gasteiger charge is -2.07. The molecule has 0 spiro atoms. The summed E-state index contributed by atoms with van der Waals surface area (Å²) in [5, 5.41) is 3.00. The molecule has 0 bridgehead atoms. The van der Waals surface area contributed by atoms with Crippen molar-refractivity contribution in [3.05, 3.63) is 40.8 Å². The van der Waals surface area contributed by atoms with E-state index >= 15 is 0 Å². The Bertz CT molecular complexity index is 826. The van der Waals surface area contributed by atoms with Crippen LogP contribution < -0.4 is 15.7 Å². The highest BCUT2D eigenvalue weighted by atomic mass is 32.2. The summed E-state index contributed by atoms with van der Waals surface area (Å²) in [6.45, 7) is 1.65. The first-order valence-corrected chi connectivity index (χ1v) is 7.65. The number of fused-ring (bicyclic) bond motifs is 1. The van der Waals surface area contributed by atoms with Gasteiger partial charge in [-0.1, -0.05) is 0 Å². The number of hydrogen-bond acceptors (Lipinski definition) is 5. The van der Waals surface area contributed by atoms with Gasteiger partial charge in [0.15, 0.2) is 0 Å². The predicted molar refractivity (Wildman–Crippen MR) is 76.4 cm³/mol. The minimum Gasteiger partial charge on any atom is -0.423 e. The first kappa shape index (κ1) is 15.2. The lowest BCUT2D eigenvalue weighted by molar-refractivity contribution is -0.118. The fraction of sp³-hybridized carbons (Fsp3) is 0.231. The average Bonchev–Trinajstić information content (AvgIpc) is 2.43. The van der Waals surface area contributed by atoms with Crippen molar-refractivity contribution in [2.24, 2.45) is 0 Å². The van der Waals surface area contributed by atoms with Crippen LogP contribution in [-0.2, 0) is 14.8 Å². The van der Waals surface area contributed by atoms with E-state index in [1.54, 1.807) is 0 Å². The third-order valence-electron chi connectivity index (χ3n) is 2.69. The van der Waals surface area contributed by atoms with Gasteiger partial charge in [-0.15, -0.1) is 0 Å². The van der Waals surface area contributed by atoms with Gasteiger partial charge in [0, 0.05) is 31.5 Å². The molecule has 0 saturated heterocycles. The van der Waals surface area contributed by atoms with Gasteiger partial charge in [0.2, 0.25) is 15.9 Å². The summed E-state index contributed by atoms with van der Waals surface area (Å²) in [5.41, 5.74) is -0.175. The highest BCUT2D eigenvalue weighted by molar-refractivity contribution is 7.89. The summed E-state index contributed by atoms with van der Waals surface area (Å²) in [5.74, 6) is -0.227. The van der Waals surface area contributed by atoms with Gasteiger partial charge >= 0.3 is 5.63 Å². The van der Waals surface area contributed by atoms with Crippen molar-refractivity contribution in [3.63, 3.8) is 0 Å². The fourth-order valence-electron chi connectivity index (χ4n) is 1.72. The van der Waals surface area contributed by atoms with Crippen LogP contribution in [0.25, 0.3) is 11.0 Å². The van der Waals surface area contributed by atoms with Gasteiger partial charge in [-0.25, -0.2) is 17.9 Å². The van der Waals surface area contributed by atoms with Crippen LogP contribution in [0.3, 0.4) is 0 Å². The van der Waals surface area contributed by atoms with Gasteiger partial charge in [-0.05, 0) is 24.3 Å². The van der Waals surface area contributed by atoms with E-state index in [0.717, 1.165) is 0 Å². The quantitative estimate of drug-likeness (QED) is 0.606. The largest absolute Gasteiger partial charge is 0.423 e. The molecule has 1 amide bonds. The van der Waals surface area contributed by atoms with Gasteiger partial charge in [0.1, 0.15) is 5.58 Å². The highest BCUT2D eigenvalue weighted by Gasteiger charge is 2.14. The molecule has 0 saturated carbocycles. The van der Waals surface area contributed by atoms with Crippen molar-refractivity contribution in [2.45, 2.75) is 11.8 Å². The highest BCUT2D eigenvalue weighted by Crippen LogP contribution is 2.17. The molecule has 2 N–H and O–H groups in total. The molecule has 0 aliphatic rings. The Morgan fingerprint density at radius 2 is 1.95 bits per heavy atom. The van der Waals surface area contributed by atoms with E-state index in [2.05, 4.69) is 10.0 Å². The Hall–Kier alpha value is -2.19. The molecule has 1 aromatic carbocycles. The monoisotopic (exact) mass is 310 g/mol.